The lowest BCUT2D eigenvalue weighted by Crippen LogP contribution is -2.29. The van der Waals surface area contributed by atoms with Gasteiger partial charge in [-0.05, 0) is 46.4 Å². The fraction of sp³-hybridized carbons (Fsp3) is 0.267. The highest BCUT2D eigenvalue weighted by Gasteiger charge is 2.46. The summed E-state index contributed by atoms with van der Waals surface area (Å²) >= 11 is 0. The van der Waals surface area contributed by atoms with Gasteiger partial charge in [-0.1, -0.05) is 57.2 Å². The fourth-order valence-electron chi connectivity index (χ4n) is 4.48. The van der Waals surface area contributed by atoms with Gasteiger partial charge in [-0.2, -0.15) is 0 Å². The molecule has 0 saturated carbocycles. The molecule has 0 bridgehead atoms. The van der Waals surface area contributed by atoms with Gasteiger partial charge in [-0.25, -0.2) is 4.39 Å². The van der Waals surface area contributed by atoms with Crippen molar-refractivity contribution in [2.75, 3.05) is 14.2 Å². The van der Waals surface area contributed by atoms with Crippen LogP contribution < -0.4 is 9.47 Å². The van der Waals surface area contributed by atoms with Gasteiger partial charge in [0, 0.05) is 12.6 Å². The van der Waals surface area contributed by atoms with Crippen LogP contribution in [0, 0.1) is 5.82 Å². The normalized spacial score (nSPS) is 17.2. The third-order valence-corrected chi connectivity index (χ3v) is 6.56. The minimum absolute atomic E-state index is 0.0425. The first kappa shape index (κ1) is 25.9. The Morgan fingerprint density at radius 1 is 0.946 bits per heavy atom. The summed E-state index contributed by atoms with van der Waals surface area (Å²) in [5.74, 6) is -1.48. The van der Waals surface area contributed by atoms with Crippen LogP contribution in [0.5, 0.6) is 11.5 Å². The van der Waals surface area contributed by atoms with Crippen molar-refractivity contribution in [1.29, 1.82) is 0 Å². The molecule has 4 rings (SSSR count). The van der Waals surface area contributed by atoms with Crippen molar-refractivity contribution in [2.45, 2.75) is 38.8 Å². The second kappa shape index (κ2) is 10.1. The number of Topliss-reactive ketones (excluding diaryl/α,β-unsaturated/α-hetero) is 1. The van der Waals surface area contributed by atoms with Crippen molar-refractivity contribution in [3.63, 3.8) is 0 Å². The number of hydrogen-bond acceptors (Lipinski definition) is 5. The topological polar surface area (TPSA) is 76.1 Å². The smallest absolute Gasteiger partial charge is 0.295 e. The number of amides is 1. The number of rotatable bonds is 6. The van der Waals surface area contributed by atoms with Crippen LogP contribution in [0.15, 0.2) is 72.3 Å². The minimum Gasteiger partial charge on any atom is -0.507 e. The lowest BCUT2D eigenvalue weighted by molar-refractivity contribution is -0.140. The number of methoxy groups -OCH3 is 2. The summed E-state index contributed by atoms with van der Waals surface area (Å²) in [6.07, 6.45) is 0. The number of ketones is 1. The zero-order valence-corrected chi connectivity index (χ0v) is 21.5. The number of ether oxygens (including phenoxy) is 2. The van der Waals surface area contributed by atoms with Crippen molar-refractivity contribution >= 4 is 17.4 Å². The maximum Gasteiger partial charge on any atom is 0.295 e. The lowest BCUT2D eigenvalue weighted by Gasteiger charge is -2.27. The summed E-state index contributed by atoms with van der Waals surface area (Å²) in [6.45, 7) is 6.35. The van der Waals surface area contributed by atoms with E-state index in [2.05, 4.69) is 20.8 Å². The Hall–Kier alpha value is -4.13. The van der Waals surface area contributed by atoms with Crippen LogP contribution >= 0.6 is 0 Å². The van der Waals surface area contributed by atoms with Crippen LogP contribution in [-0.4, -0.2) is 35.9 Å². The third kappa shape index (κ3) is 5.07. The van der Waals surface area contributed by atoms with E-state index in [1.54, 1.807) is 30.3 Å². The second-order valence-corrected chi connectivity index (χ2v) is 9.99. The highest BCUT2D eigenvalue weighted by molar-refractivity contribution is 6.46. The highest BCUT2D eigenvalue weighted by atomic mass is 19.1. The Balaban J connectivity index is 1.88. The Bertz CT molecular complexity index is 1350. The summed E-state index contributed by atoms with van der Waals surface area (Å²) in [4.78, 5) is 28.1. The molecule has 7 heteroatoms. The summed E-state index contributed by atoms with van der Waals surface area (Å²) < 4.78 is 24.2. The van der Waals surface area contributed by atoms with Crippen molar-refractivity contribution in [3.8, 4) is 11.5 Å². The Morgan fingerprint density at radius 2 is 1.59 bits per heavy atom. The molecule has 3 aromatic rings. The number of aliphatic hydroxyl groups excluding tert-OH is 1. The monoisotopic (exact) mass is 503 g/mol. The van der Waals surface area contributed by atoms with Crippen LogP contribution in [0.4, 0.5) is 4.39 Å². The molecule has 1 amide bonds. The number of likely N-dealkylation sites (tertiary alicyclic amines) is 1. The maximum absolute atomic E-state index is 13.5. The van der Waals surface area contributed by atoms with Crippen LogP contribution in [-0.2, 0) is 21.5 Å². The first-order chi connectivity index (χ1) is 17.5. The van der Waals surface area contributed by atoms with Gasteiger partial charge in [0.15, 0.2) is 0 Å². The average Bonchev–Trinajstić information content (AvgIpc) is 3.13. The molecule has 1 fully saturated rings. The summed E-state index contributed by atoms with van der Waals surface area (Å²) in [5, 5.41) is 11.4. The second-order valence-electron chi connectivity index (χ2n) is 9.99. The first-order valence-corrected chi connectivity index (χ1v) is 11.9. The molecule has 192 valence electrons. The van der Waals surface area contributed by atoms with Crippen molar-refractivity contribution < 1.29 is 28.6 Å². The van der Waals surface area contributed by atoms with E-state index in [0.29, 0.717) is 22.6 Å². The van der Waals surface area contributed by atoms with Gasteiger partial charge >= 0.3 is 0 Å². The van der Waals surface area contributed by atoms with Gasteiger partial charge in [-0.3, -0.25) is 9.59 Å². The van der Waals surface area contributed by atoms with E-state index >= 15 is 0 Å². The predicted molar refractivity (Wildman–Crippen MR) is 139 cm³/mol. The third-order valence-electron chi connectivity index (χ3n) is 6.56. The number of benzene rings is 3. The standard InChI is InChI=1S/C30H30FNO5/c1-30(2,3)20-10-8-19(9-11-20)26-25(27(33)23-15-14-22(36-4)16-24(23)37-5)28(34)29(35)32(26)17-18-6-12-21(31)13-7-18/h6-16,26,33H,17H2,1-5H3/b27-25-. The van der Waals surface area contributed by atoms with Crippen LogP contribution in [0.25, 0.3) is 5.76 Å². The average molecular weight is 504 g/mol. The number of carbonyl (C=O) groups excluding carboxylic acids is 2. The largest absolute Gasteiger partial charge is 0.507 e. The molecule has 1 aliphatic rings. The summed E-state index contributed by atoms with van der Waals surface area (Å²) in [6, 6.07) is 17.4. The number of hydrogen-bond donors (Lipinski definition) is 1. The molecule has 0 aromatic heterocycles. The molecular formula is C30H30FNO5. The number of carbonyl (C=O) groups is 2. The zero-order chi connectivity index (χ0) is 26.9. The predicted octanol–water partition coefficient (Wildman–Crippen LogP) is 5.76. The molecule has 1 heterocycles. The first-order valence-electron chi connectivity index (χ1n) is 11.9. The van der Waals surface area contributed by atoms with E-state index in [1.807, 2.05) is 24.3 Å². The van der Waals surface area contributed by atoms with Crippen LogP contribution in [0.2, 0.25) is 0 Å². The molecule has 37 heavy (non-hydrogen) atoms. The van der Waals surface area contributed by atoms with Gasteiger partial charge in [0.05, 0.1) is 31.4 Å². The van der Waals surface area contributed by atoms with Crippen molar-refractivity contribution in [2.24, 2.45) is 0 Å². The quantitative estimate of drug-likeness (QED) is 0.263. The van der Waals surface area contributed by atoms with Crippen molar-refractivity contribution in [1.82, 2.24) is 4.90 Å². The maximum atomic E-state index is 13.5. The Labute approximate surface area is 215 Å². The number of aliphatic hydroxyl groups is 1. The van der Waals surface area contributed by atoms with Crippen LogP contribution in [0.3, 0.4) is 0 Å². The van der Waals surface area contributed by atoms with E-state index in [-0.39, 0.29) is 28.9 Å². The number of nitrogens with zero attached hydrogens (tertiary/aromatic N) is 1. The van der Waals surface area contributed by atoms with Gasteiger partial charge in [-0.15, -0.1) is 0 Å². The van der Waals surface area contributed by atoms with E-state index in [4.69, 9.17) is 9.47 Å². The highest BCUT2D eigenvalue weighted by Crippen LogP contribution is 2.42. The van der Waals surface area contributed by atoms with Gasteiger partial charge < -0.3 is 19.5 Å². The van der Waals surface area contributed by atoms with E-state index in [1.165, 1.54) is 31.3 Å². The Kier molecular flexibility index (Phi) is 7.07. The molecule has 1 saturated heterocycles. The molecule has 1 aliphatic heterocycles. The van der Waals surface area contributed by atoms with Gasteiger partial charge in [0.25, 0.3) is 11.7 Å². The SMILES string of the molecule is COc1ccc(/C(O)=C2/C(=O)C(=O)N(Cc3ccc(F)cc3)C2c2ccc(C(C)(C)C)cc2)c(OC)c1. The van der Waals surface area contributed by atoms with E-state index < -0.39 is 23.5 Å². The molecule has 0 aliphatic carbocycles. The van der Waals surface area contributed by atoms with Gasteiger partial charge in [0.1, 0.15) is 23.1 Å². The number of halogens is 1. The Morgan fingerprint density at radius 3 is 2.16 bits per heavy atom. The van der Waals surface area contributed by atoms with E-state index in [0.717, 1.165) is 5.56 Å². The lowest BCUT2D eigenvalue weighted by atomic mass is 9.85. The molecule has 1 N–H and O–H groups in total. The molecular weight excluding hydrogens is 473 g/mol. The molecule has 0 radical (unpaired) electrons. The fourth-order valence-corrected chi connectivity index (χ4v) is 4.48. The molecule has 3 aromatic carbocycles. The summed E-state index contributed by atoms with van der Waals surface area (Å²) in [7, 11) is 2.96. The minimum atomic E-state index is -0.856. The van der Waals surface area contributed by atoms with Gasteiger partial charge in [0.2, 0.25) is 0 Å². The van der Waals surface area contributed by atoms with Crippen LogP contribution in [0.1, 0.15) is 49.1 Å². The summed E-state index contributed by atoms with van der Waals surface area (Å²) in [5.41, 5.74) is 2.54. The molecule has 6 nitrogen and oxygen atoms in total. The molecule has 1 unspecified atom stereocenters. The molecule has 1 atom stereocenters. The van der Waals surface area contributed by atoms with Crippen molar-refractivity contribution in [3.05, 3.63) is 100 Å². The molecule has 0 spiro atoms. The van der Waals surface area contributed by atoms with E-state index in [9.17, 15) is 19.1 Å². The zero-order valence-electron chi connectivity index (χ0n) is 21.5.